The SMILES string of the molecule is O=S(=O)(c1ccccc1)n1cc(-c2cc(-c3cccnc3)cc(C(F)(F)F)c2)cn1. The molecule has 0 radical (unpaired) electrons. The first-order valence-corrected chi connectivity index (χ1v) is 10.2. The maximum Gasteiger partial charge on any atom is 0.416 e. The van der Waals surface area contributed by atoms with Crippen LogP contribution in [0, 0.1) is 0 Å². The van der Waals surface area contributed by atoms with Crippen LogP contribution in [0.15, 0.2) is 90.3 Å². The molecule has 0 spiro atoms. The highest BCUT2D eigenvalue weighted by molar-refractivity contribution is 7.89. The van der Waals surface area contributed by atoms with Gasteiger partial charge in [-0.2, -0.15) is 30.8 Å². The zero-order valence-electron chi connectivity index (χ0n) is 15.3. The molecule has 30 heavy (non-hydrogen) atoms. The Bertz CT molecular complexity index is 1290. The second-order valence-electron chi connectivity index (χ2n) is 6.46. The highest BCUT2D eigenvalue weighted by atomic mass is 32.2. The fourth-order valence-electron chi connectivity index (χ4n) is 2.94. The van der Waals surface area contributed by atoms with E-state index in [1.807, 2.05) is 0 Å². The highest BCUT2D eigenvalue weighted by Crippen LogP contribution is 2.36. The van der Waals surface area contributed by atoms with Crippen molar-refractivity contribution in [3.8, 4) is 22.3 Å². The predicted octanol–water partition coefficient (Wildman–Crippen LogP) is 4.87. The zero-order chi connectivity index (χ0) is 21.4. The van der Waals surface area contributed by atoms with Gasteiger partial charge in [0.1, 0.15) is 0 Å². The molecular formula is C21H14F3N3O2S. The van der Waals surface area contributed by atoms with Crippen LogP contribution in [-0.2, 0) is 16.2 Å². The smallest absolute Gasteiger partial charge is 0.264 e. The molecule has 2 aromatic carbocycles. The molecule has 5 nitrogen and oxygen atoms in total. The van der Waals surface area contributed by atoms with E-state index in [0.29, 0.717) is 11.1 Å². The molecule has 0 aliphatic rings. The van der Waals surface area contributed by atoms with Gasteiger partial charge in [0.25, 0.3) is 10.0 Å². The molecule has 152 valence electrons. The van der Waals surface area contributed by atoms with Crippen LogP contribution in [-0.4, -0.2) is 22.6 Å². The van der Waals surface area contributed by atoms with Crippen molar-refractivity contribution in [1.29, 1.82) is 0 Å². The Kier molecular flexibility index (Phi) is 4.90. The summed E-state index contributed by atoms with van der Waals surface area (Å²) in [5.74, 6) is 0. The van der Waals surface area contributed by atoms with Crippen molar-refractivity contribution < 1.29 is 21.6 Å². The number of alkyl halides is 3. The van der Waals surface area contributed by atoms with Crippen LogP contribution in [0.3, 0.4) is 0 Å². The summed E-state index contributed by atoms with van der Waals surface area (Å²) in [6.45, 7) is 0. The van der Waals surface area contributed by atoms with Gasteiger partial charge >= 0.3 is 6.18 Å². The summed E-state index contributed by atoms with van der Waals surface area (Å²) in [7, 11) is -3.95. The summed E-state index contributed by atoms with van der Waals surface area (Å²) in [6, 6.07) is 14.5. The van der Waals surface area contributed by atoms with Crippen molar-refractivity contribution in [3.05, 3.63) is 91.0 Å². The number of rotatable bonds is 4. The van der Waals surface area contributed by atoms with Crippen molar-refractivity contribution >= 4 is 10.0 Å². The summed E-state index contributed by atoms with van der Waals surface area (Å²) in [5, 5.41) is 3.87. The lowest BCUT2D eigenvalue weighted by Crippen LogP contribution is -2.13. The number of hydrogen-bond acceptors (Lipinski definition) is 4. The Hall–Kier alpha value is -3.46. The minimum Gasteiger partial charge on any atom is -0.264 e. The number of nitrogens with zero attached hydrogens (tertiary/aromatic N) is 3. The van der Waals surface area contributed by atoms with Crippen LogP contribution in [0.4, 0.5) is 13.2 Å². The van der Waals surface area contributed by atoms with Gasteiger partial charge < -0.3 is 0 Å². The topological polar surface area (TPSA) is 64.8 Å². The first-order chi connectivity index (χ1) is 14.2. The van der Waals surface area contributed by atoms with Gasteiger partial charge in [-0.15, -0.1) is 0 Å². The van der Waals surface area contributed by atoms with Gasteiger partial charge in [-0.3, -0.25) is 4.98 Å². The number of hydrogen-bond donors (Lipinski definition) is 0. The molecule has 0 saturated heterocycles. The van der Waals surface area contributed by atoms with Gasteiger partial charge in [0.2, 0.25) is 0 Å². The maximum absolute atomic E-state index is 13.5. The Balaban J connectivity index is 1.82. The molecule has 0 aliphatic heterocycles. The highest BCUT2D eigenvalue weighted by Gasteiger charge is 2.31. The van der Waals surface area contributed by atoms with Gasteiger partial charge in [0.15, 0.2) is 0 Å². The van der Waals surface area contributed by atoms with E-state index in [1.165, 1.54) is 36.9 Å². The second kappa shape index (κ2) is 7.42. The van der Waals surface area contributed by atoms with Crippen molar-refractivity contribution in [1.82, 2.24) is 14.2 Å². The fourth-order valence-corrected chi connectivity index (χ4v) is 4.08. The van der Waals surface area contributed by atoms with Gasteiger partial charge in [0, 0.05) is 23.5 Å². The predicted molar refractivity (Wildman–Crippen MR) is 105 cm³/mol. The molecule has 4 rings (SSSR count). The lowest BCUT2D eigenvalue weighted by Gasteiger charge is -2.12. The third-order valence-corrected chi connectivity index (χ3v) is 6.00. The van der Waals surface area contributed by atoms with Gasteiger partial charge in [-0.05, 0) is 47.5 Å². The first-order valence-electron chi connectivity index (χ1n) is 8.73. The number of benzene rings is 2. The molecule has 0 bridgehead atoms. The van der Waals surface area contributed by atoms with E-state index in [4.69, 9.17) is 0 Å². The molecule has 4 aromatic rings. The van der Waals surface area contributed by atoms with Crippen LogP contribution >= 0.6 is 0 Å². The van der Waals surface area contributed by atoms with Gasteiger partial charge in [-0.25, -0.2) is 0 Å². The third-order valence-electron chi connectivity index (χ3n) is 4.44. The van der Waals surface area contributed by atoms with Gasteiger partial charge in [-0.1, -0.05) is 24.3 Å². The van der Waals surface area contributed by atoms with E-state index in [0.717, 1.165) is 16.2 Å². The summed E-state index contributed by atoms with van der Waals surface area (Å²) < 4.78 is 66.6. The Labute approximate surface area is 170 Å². The number of aromatic nitrogens is 3. The van der Waals surface area contributed by atoms with Crippen molar-refractivity contribution in [3.63, 3.8) is 0 Å². The molecule has 0 aliphatic carbocycles. The number of pyridine rings is 1. The first kappa shape index (κ1) is 19.8. The summed E-state index contributed by atoms with van der Waals surface area (Å²) in [4.78, 5) is 3.98. The van der Waals surface area contributed by atoms with Crippen LogP contribution in [0.1, 0.15) is 5.56 Å². The molecular weight excluding hydrogens is 415 g/mol. The molecule has 0 unspecified atom stereocenters. The molecule has 0 atom stereocenters. The summed E-state index contributed by atoms with van der Waals surface area (Å²) in [5.41, 5.74) is 0.405. The summed E-state index contributed by atoms with van der Waals surface area (Å²) >= 11 is 0. The average molecular weight is 429 g/mol. The normalized spacial score (nSPS) is 12.1. The third kappa shape index (κ3) is 3.84. The molecule has 2 heterocycles. The Morgan fingerprint density at radius 3 is 2.13 bits per heavy atom. The van der Waals surface area contributed by atoms with E-state index in [9.17, 15) is 21.6 Å². The van der Waals surface area contributed by atoms with Crippen molar-refractivity contribution in [2.45, 2.75) is 11.1 Å². The lowest BCUT2D eigenvalue weighted by atomic mass is 9.98. The van der Waals surface area contributed by atoms with Crippen LogP contribution in [0.5, 0.6) is 0 Å². The van der Waals surface area contributed by atoms with E-state index in [1.54, 1.807) is 36.4 Å². The van der Waals surface area contributed by atoms with Crippen LogP contribution in [0.25, 0.3) is 22.3 Å². The monoisotopic (exact) mass is 429 g/mol. The van der Waals surface area contributed by atoms with E-state index in [2.05, 4.69) is 10.1 Å². The molecule has 2 aromatic heterocycles. The second-order valence-corrected chi connectivity index (χ2v) is 8.25. The minimum atomic E-state index is -4.57. The quantitative estimate of drug-likeness (QED) is 0.464. The largest absolute Gasteiger partial charge is 0.416 e. The Morgan fingerprint density at radius 2 is 1.50 bits per heavy atom. The van der Waals surface area contributed by atoms with Gasteiger partial charge in [0.05, 0.1) is 22.9 Å². The van der Waals surface area contributed by atoms with Crippen molar-refractivity contribution in [2.75, 3.05) is 0 Å². The average Bonchev–Trinajstić information content (AvgIpc) is 3.25. The molecule has 0 fully saturated rings. The van der Waals surface area contributed by atoms with Crippen LogP contribution in [0.2, 0.25) is 0 Å². The molecule has 0 N–H and O–H groups in total. The fraction of sp³-hybridized carbons (Fsp3) is 0.0476. The van der Waals surface area contributed by atoms with Crippen molar-refractivity contribution in [2.24, 2.45) is 0 Å². The minimum absolute atomic E-state index is 0.0275. The summed E-state index contributed by atoms with van der Waals surface area (Å²) in [6.07, 6.45) is 0.839. The maximum atomic E-state index is 13.5. The molecule has 0 saturated carbocycles. The molecule has 9 heteroatoms. The zero-order valence-corrected chi connectivity index (χ0v) is 16.1. The van der Waals surface area contributed by atoms with E-state index >= 15 is 0 Å². The van der Waals surface area contributed by atoms with Crippen LogP contribution < -0.4 is 0 Å². The van der Waals surface area contributed by atoms with E-state index in [-0.39, 0.29) is 16.0 Å². The Morgan fingerprint density at radius 1 is 0.800 bits per heavy atom. The molecule has 0 amide bonds. The number of halogens is 3. The van der Waals surface area contributed by atoms with E-state index < -0.39 is 21.8 Å². The standard InChI is InChI=1S/C21H14F3N3O2S/c22-21(23,24)19-10-16(15-5-4-8-25-12-15)9-17(11-19)18-13-26-27(14-18)30(28,29)20-6-2-1-3-7-20/h1-14H. The lowest BCUT2D eigenvalue weighted by molar-refractivity contribution is -0.137.